The van der Waals surface area contributed by atoms with Gasteiger partial charge in [-0.1, -0.05) is 36.1 Å². The Labute approximate surface area is 172 Å². The first-order valence-corrected chi connectivity index (χ1v) is 9.92. The van der Waals surface area contributed by atoms with Crippen molar-refractivity contribution in [2.75, 3.05) is 20.2 Å². The fourth-order valence-corrected chi connectivity index (χ4v) is 3.91. The van der Waals surface area contributed by atoms with Crippen LogP contribution in [0.15, 0.2) is 41.7 Å². The Morgan fingerprint density at radius 3 is 2.86 bits per heavy atom. The SMILES string of the molecule is COc1ccc(/C=C2\SC(=S)N(CCC(=O)NCCc3cnc[nH]3)C2=O)cc1. The predicted molar refractivity (Wildman–Crippen MR) is 113 cm³/mol. The van der Waals surface area contributed by atoms with Crippen LogP contribution in [0.3, 0.4) is 0 Å². The molecule has 1 fully saturated rings. The minimum atomic E-state index is -0.170. The molecule has 1 aromatic heterocycles. The van der Waals surface area contributed by atoms with Crippen molar-refractivity contribution in [2.45, 2.75) is 12.8 Å². The number of hydrogen-bond donors (Lipinski definition) is 2. The van der Waals surface area contributed by atoms with Gasteiger partial charge in [-0.3, -0.25) is 14.5 Å². The maximum atomic E-state index is 12.6. The Morgan fingerprint density at radius 1 is 1.39 bits per heavy atom. The third-order valence-corrected chi connectivity index (χ3v) is 5.50. The summed E-state index contributed by atoms with van der Waals surface area (Å²) in [5.74, 6) is 0.465. The molecule has 3 rings (SSSR count). The maximum Gasteiger partial charge on any atom is 0.266 e. The number of methoxy groups -OCH3 is 1. The maximum absolute atomic E-state index is 12.6. The van der Waals surface area contributed by atoms with Gasteiger partial charge < -0.3 is 15.0 Å². The molecule has 1 saturated heterocycles. The van der Waals surface area contributed by atoms with Crippen molar-refractivity contribution in [1.29, 1.82) is 0 Å². The van der Waals surface area contributed by atoms with Crippen molar-refractivity contribution < 1.29 is 14.3 Å². The Morgan fingerprint density at radius 2 is 2.18 bits per heavy atom. The molecule has 0 radical (unpaired) electrons. The third kappa shape index (κ3) is 5.20. The number of thioether (sulfide) groups is 1. The summed E-state index contributed by atoms with van der Waals surface area (Å²) in [4.78, 5) is 33.6. The Bertz CT molecular complexity index is 879. The van der Waals surface area contributed by atoms with Crippen LogP contribution in [-0.4, -0.2) is 51.2 Å². The molecule has 0 saturated carbocycles. The number of nitrogens with one attached hydrogen (secondary N) is 2. The van der Waals surface area contributed by atoms with E-state index in [4.69, 9.17) is 17.0 Å². The number of hydrogen-bond acceptors (Lipinski definition) is 6. The standard InChI is InChI=1S/C19H20N4O3S2/c1-26-15-4-2-13(3-5-15)10-16-18(25)23(19(27)28-16)9-7-17(24)21-8-6-14-11-20-12-22-14/h2-5,10-12H,6-9H2,1H3,(H,20,22)(H,21,24)/b16-10-. The summed E-state index contributed by atoms with van der Waals surface area (Å²) in [5, 5.41) is 2.84. The van der Waals surface area contributed by atoms with E-state index in [0.717, 1.165) is 17.0 Å². The zero-order chi connectivity index (χ0) is 19.9. The second-order valence-corrected chi connectivity index (χ2v) is 7.71. The van der Waals surface area contributed by atoms with Crippen molar-refractivity contribution in [1.82, 2.24) is 20.2 Å². The van der Waals surface area contributed by atoms with Crippen molar-refractivity contribution in [3.63, 3.8) is 0 Å². The molecule has 7 nitrogen and oxygen atoms in total. The quantitative estimate of drug-likeness (QED) is 0.508. The molecular formula is C19H20N4O3S2. The first-order chi connectivity index (χ1) is 13.6. The number of ether oxygens (including phenoxy) is 1. The fraction of sp³-hybridized carbons (Fsp3) is 0.263. The third-order valence-electron chi connectivity index (χ3n) is 4.12. The molecule has 0 bridgehead atoms. The largest absolute Gasteiger partial charge is 0.497 e. The minimum Gasteiger partial charge on any atom is -0.497 e. The van der Waals surface area contributed by atoms with Gasteiger partial charge in [0.1, 0.15) is 10.1 Å². The van der Waals surface area contributed by atoms with E-state index in [9.17, 15) is 9.59 Å². The molecule has 146 valence electrons. The van der Waals surface area contributed by atoms with Gasteiger partial charge in [0.2, 0.25) is 5.91 Å². The molecule has 0 aliphatic carbocycles. The zero-order valence-corrected chi connectivity index (χ0v) is 16.9. The highest BCUT2D eigenvalue weighted by molar-refractivity contribution is 8.26. The van der Waals surface area contributed by atoms with Crippen molar-refractivity contribution in [3.05, 3.63) is 53.0 Å². The second kappa shape index (κ2) is 9.52. The molecular weight excluding hydrogens is 396 g/mol. The average Bonchev–Trinajstić information content (AvgIpc) is 3.30. The number of rotatable bonds is 8. The summed E-state index contributed by atoms with van der Waals surface area (Å²) in [6, 6.07) is 7.41. The van der Waals surface area contributed by atoms with Gasteiger partial charge in [-0.15, -0.1) is 0 Å². The molecule has 2 N–H and O–H groups in total. The Balaban J connectivity index is 1.50. The molecule has 2 heterocycles. The number of aromatic nitrogens is 2. The van der Waals surface area contributed by atoms with Gasteiger partial charge in [0.25, 0.3) is 5.91 Å². The van der Waals surface area contributed by atoms with Crippen LogP contribution in [0.4, 0.5) is 0 Å². The number of aromatic amines is 1. The number of imidazole rings is 1. The highest BCUT2D eigenvalue weighted by Crippen LogP contribution is 2.32. The topological polar surface area (TPSA) is 87.3 Å². The summed E-state index contributed by atoms with van der Waals surface area (Å²) in [5.41, 5.74) is 1.85. The molecule has 1 aliphatic rings. The van der Waals surface area contributed by atoms with Gasteiger partial charge in [-0.2, -0.15) is 0 Å². The zero-order valence-electron chi connectivity index (χ0n) is 15.3. The number of nitrogens with zero attached hydrogens (tertiary/aromatic N) is 2. The molecule has 9 heteroatoms. The first-order valence-electron chi connectivity index (χ1n) is 8.70. The molecule has 2 amide bonds. The number of amides is 2. The van der Waals surface area contributed by atoms with Crippen LogP contribution in [0.2, 0.25) is 0 Å². The van der Waals surface area contributed by atoms with Crippen LogP contribution in [0.1, 0.15) is 17.7 Å². The van der Waals surface area contributed by atoms with E-state index >= 15 is 0 Å². The highest BCUT2D eigenvalue weighted by Gasteiger charge is 2.32. The molecule has 28 heavy (non-hydrogen) atoms. The molecule has 1 aliphatic heterocycles. The number of benzene rings is 1. The van der Waals surface area contributed by atoms with Crippen molar-refractivity contribution in [3.8, 4) is 5.75 Å². The van der Waals surface area contributed by atoms with Gasteiger partial charge in [-0.25, -0.2) is 4.98 Å². The molecule has 0 spiro atoms. The monoisotopic (exact) mass is 416 g/mol. The Hall–Kier alpha value is -2.65. The van der Waals surface area contributed by atoms with Gasteiger partial charge in [-0.05, 0) is 23.8 Å². The number of carbonyl (C=O) groups is 2. The van der Waals surface area contributed by atoms with E-state index in [1.165, 1.54) is 16.7 Å². The fourth-order valence-electron chi connectivity index (χ4n) is 2.60. The van der Waals surface area contributed by atoms with E-state index in [1.54, 1.807) is 25.7 Å². The second-order valence-electron chi connectivity index (χ2n) is 6.03. The van der Waals surface area contributed by atoms with Gasteiger partial charge in [0, 0.05) is 37.8 Å². The van der Waals surface area contributed by atoms with Crippen LogP contribution in [0, 0.1) is 0 Å². The van der Waals surface area contributed by atoms with Crippen molar-refractivity contribution >= 4 is 46.2 Å². The lowest BCUT2D eigenvalue weighted by atomic mass is 10.2. The summed E-state index contributed by atoms with van der Waals surface area (Å²) in [6.07, 6.45) is 6.00. The van der Waals surface area contributed by atoms with Gasteiger partial charge >= 0.3 is 0 Å². The van der Waals surface area contributed by atoms with Gasteiger partial charge in [0.15, 0.2) is 0 Å². The predicted octanol–water partition coefficient (Wildman–Crippen LogP) is 2.37. The van der Waals surface area contributed by atoms with Crippen LogP contribution in [0.5, 0.6) is 5.75 Å². The Kier molecular flexibility index (Phi) is 6.83. The molecule has 1 aromatic carbocycles. The van der Waals surface area contributed by atoms with E-state index in [-0.39, 0.29) is 24.8 Å². The highest BCUT2D eigenvalue weighted by atomic mass is 32.2. The van der Waals surface area contributed by atoms with Crippen LogP contribution < -0.4 is 10.1 Å². The lowest BCUT2D eigenvalue weighted by Gasteiger charge is -2.14. The van der Waals surface area contributed by atoms with Crippen LogP contribution in [-0.2, 0) is 16.0 Å². The lowest BCUT2D eigenvalue weighted by molar-refractivity contribution is -0.123. The molecule has 0 unspecified atom stereocenters. The summed E-state index contributed by atoms with van der Waals surface area (Å²) < 4.78 is 5.60. The van der Waals surface area contributed by atoms with E-state index in [2.05, 4.69) is 15.3 Å². The smallest absolute Gasteiger partial charge is 0.266 e. The minimum absolute atomic E-state index is 0.118. The number of thiocarbonyl (C=S) groups is 1. The number of carbonyl (C=O) groups excluding carboxylic acids is 2. The molecule has 0 atom stereocenters. The summed E-state index contributed by atoms with van der Waals surface area (Å²) in [6.45, 7) is 0.775. The first kappa shape index (κ1) is 20.1. The van der Waals surface area contributed by atoms with Crippen LogP contribution >= 0.6 is 24.0 Å². The molecule has 2 aromatic rings. The van der Waals surface area contributed by atoms with E-state index < -0.39 is 0 Å². The normalized spacial score (nSPS) is 15.3. The van der Waals surface area contributed by atoms with Crippen LogP contribution in [0.25, 0.3) is 6.08 Å². The average molecular weight is 417 g/mol. The van der Waals surface area contributed by atoms with Crippen molar-refractivity contribution in [2.24, 2.45) is 0 Å². The number of H-pyrrole nitrogens is 1. The van der Waals surface area contributed by atoms with E-state index in [0.29, 0.717) is 22.2 Å². The summed E-state index contributed by atoms with van der Waals surface area (Å²) in [7, 11) is 1.60. The lowest BCUT2D eigenvalue weighted by Crippen LogP contribution is -2.34. The van der Waals surface area contributed by atoms with E-state index in [1.807, 2.05) is 24.3 Å². The summed E-state index contributed by atoms with van der Waals surface area (Å²) >= 11 is 6.56. The van der Waals surface area contributed by atoms with Gasteiger partial charge in [0.05, 0.1) is 18.3 Å².